The van der Waals surface area contributed by atoms with E-state index in [9.17, 15) is 9.50 Å². The Labute approximate surface area is 95.3 Å². The van der Waals surface area contributed by atoms with Crippen molar-refractivity contribution in [2.75, 3.05) is 0 Å². The highest BCUT2D eigenvalue weighted by Gasteiger charge is 2.46. The lowest BCUT2D eigenvalue weighted by atomic mass is 9.67. The van der Waals surface area contributed by atoms with Crippen molar-refractivity contribution >= 4 is 0 Å². The van der Waals surface area contributed by atoms with Crippen LogP contribution in [-0.2, 0) is 11.8 Å². The molecule has 1 spiro atoms. The zero-order valence-corrected chi connectivity index (χ0v) is 9.38. The molecule has 0 aliphatic heterocycles. The molecular formula is C14H17FO. The predicted octanol–water partition coefficient (Wildman–Crippen LogP) is 2.94. The molecule has 0 aromatic heterocycles. The molecule has 16 heavy (non-hydrogen) atoms. The monoisotopic (exact) mass is 220 g/mol. The molecule has 2 heteroatoms. The Bertz CT molecular complexity index is 407. The van der Waals surface area contributed by atoms with E-state index in [1.807, 2.05) is 6.07 Å². The molecule has 86 valence electrons. The van der Waals surface area contributed by atoms with Crippen LogP contribution in [0.2, 0.25) is 0 Å². The lowest BCUT2D eigenvalue weighted by Crippen LogP contribution is -2.42. The summed E-state index contributed by atoms with van der Waals surface area (Å²) in [7, 11) is 0. The van der Waals surface area contributed by atoms with E-state index in [1.165, 1.54) is 6.07 Å². The summed E-state index contributed by atoms with van der Waals surface area (Å²) >= 11 is 0. The SMILES string of the molecule is OC1CCc2cccc(F)c2C12CCCC2. The van der Waals surface area contributed by atoms with Gasteiger partial charge in [0.25, 0.3) is 0 Å². The Kier molecular flexibility index (Phi) is 2.28. The van der Waals surface area contributed by atoms with Gasteiger partial charge in [-0.15, -0.1) is 0 Å². The summed E-state index contributed by atoms with van der Waals surface area (Å²) in [5.74, 6) is -0.113. The van der Waals surface area contributed by atoms with Gasteiger partial charge in [-0.05, 0) is 42.9 Å². The fourth-order valence-corrected chi connectivity index (χ4v) is 3.66. The number of benzene rings is 1. The molecule has 0 amide bonds. The van der Waals surface area contributed by atoms with E-state index < -0.39 is 0 Å². The molecule has 3 rings (SSSR count). The van der Waals surface area contributed by atoms with E-state index in [0.717, 1.165) is 49.7 Å². The Morgan fingerprint density at radius 2 is 2.00 bits per heavy atom. The van der Waals surface area contributed by atoms with E-state index in [2.05, 4.69) is 0 Å². The van der Waals surface area contributed by atoms with Gasteiger partial charge in [0.1, 0.15) is 5.82 Å². The quantitative estimate of drug-likeness (QED) is 0.712. The van der Waals surface area contributed by atoms with Crippen LogP contribution in [0.3, 0.4) is 0 Å². The van der Waals surface area contributed by atoms with Crippen LogP contribution in [0.4, 0.5) is 4.39 Å². The number of fused-ring (bicyclic) bond motifs is 2. The molecule has 0 radical (unpaired) electrons. The van der Waals surface area contributed by atoms with Gasteiger partial charge in [0, 0.05) is 5.41 Å². The van der Waals surface area contributed by atoms with E-state index >= 15 is 0 Å². The topological polar surface area (TPSA) is 20.2 Å². The highest BCUT2D eigenvalue weighted by molar-refractivity contribution is 5.40. The predicted molar refractivity (Wildman–Crippen MR) is 60.9 cm³/mol. The fraction of sp³-hybridized carbons (Fsp3) is 0.571. The number of aliphatic hydroxyl groups excluding tert-OH is 1. The molecule has 1 unspecified atom stereocenters. The van der Waals surface area contributed by atoms with Crippen molar-refractivity contribution in [3.63, 3.8) is 0 Å². The van der Waals surface area contributed by atoms with E-state index in [0.29, 0.717) is 0 Å². The zero-order valence-electron chi connectivity index (χ0n) is 9.38. The van der Waals surface area contributed by atoms with Gasteiger partial charge in [-0.2, -0.15) is 0 Å². The minimum atomic E-state index is -0.348. The molecule has 0 bridgehead atoms. The molecule has 1 nitrogen and oxygen atoms in total. The third-order valence-corrected chi connectivity index (χ3v) is 4.42. The first-order valence-corrected chi connectivity index (χ1v) is 6.20. The van der Waals surface area contributed by atoms with Crippen LogP contribution in [0.5, 0.6) is 0 Å². The van der Waals surface area contributed by atoms with Gasteiger partial charge in [0.15, 0.2) is 0 Å². The molecule has 0 heterocycles. The van der Waals surface area contributed by atoms with E-state index in [-0.39, 0.29) is 17.3 Å². The third-order valence-electron chi connectivity index (χ3n) is 4.42. The number of hydrogen-bond donors (Lipinski definition) is 1. The van der Waals surface area contributed by atoms with Gasteiger partial charge in [0.05, 0.1) is 6.10 Å². The Balaban J connectivity index is 2.19. The largest absolute Gasteiger partial charge is 0.392 e. The van der Waals surface area contributed by atoms with Gasteiger partial charge in [0.2, 0.25) is 0 Å². The first kappa shape index (κ1) is 10.3. The number of halogens is 1. The van der Waals surface area contributed by atoms with Gasteiger partial charge < -0.3 is 5.11 Å². The second-order valence-corrected chi connectivity index (χ2v) is 5.19. The lowest BCUT2D eigenvalue weighted by molar-refractivity contribution is 0.0636. The summed E-state index contributed by atoms with van der Waals surface area (Å²) in [4.78, 5) is 0. The number of aryl methyl sites for hydroxylation is 1. The molecule has 1 saturated carbocycles. The Morgan fingerprint density at radius 1 is 1.25 bits per heavy atom. The van der Waals surface area contributed by atoms with Crippen molar-refractivity contribution in [1.82, 2.24) is 0 Å². The molecule has 0 saturated heterocycles. The summed E-state index contributed by atoms with van der Waals surface area (Å²) < 4.78 is 14.0. The van der Waals surface area contributed by atoms with Crippen molar-refractivity contribution in [3.8, 4) is 0 Å². The first-order valence-electron chi connectivity index (χ1n) is 6.20. The Morgan fingerprint density at radius 3 is 2.75 bits per heavy atom. The maximum Gasteiger partial charge on any atom is 0.127 e. The second kappa shape index (κ2) is 3.56. The summed E-state index contributed by atoms with van der Waals surface area (Å²) in [6, 6.07) is 5.34. The van der Waals surface area contributed by atoms with Crippen molar-refractivity contribution in [1.29, 1.82) is 0 Å². The van der Waals surface area contributed by atoms with Crippen molar-refractivity contribution in [3.05, 3.63) is 35.1 Å². The average molecular weight is 220 g/mol. The maximum atomic E-state index is 14.0. The van der Waals surface area contributed by atoms with Crippen molar-refractivity contribution in [2.24, 2.45) is 0 Å². The fourth-order valence-electron chi connectivity index (χ4n) is 3.66. The molecule has 1 atom stereocenters. The van der Waals surface area contributed by atoms with Gasteiger partial charge in [-0.25, -0.2) is 4.39 Å². The van der Waals surface area contributed by atoms with E-state index in [4.69, 9.17) is 0 Å². The van der Waals surface area contributed by atoms with Crippen molar-refractivity contribution < 1.29 is 9.50 Å². The summed E-state index contributed by atoms with van der Waals surface area (Å²) in [5, 5.41) is 10.3. The summed E-state index contributed by atoms with van der Waals surface area (Å²) in [6.45, 7) is 0. The first-order chi connectivity index (χ1) is 7.74. The van der Waals surface area contributed by atoms with Crippen molar-refractivity contribution in [2.45, 2.75) is 50.0 Å². The van der Waals surface area contributed by atoms with Crippen LogP contribution in [0.1, 0.15) is 43.2 Å². The number of hydrogen-bond acceptors (Lipinski definition) is 1. The molecule has 1 fully saturated rings. The molecular weight excluding hydrogens is 203 g/mol. The lowest BCUT2D eigenvalue weighted by Gasteiger charge is -2.40. The minimum Gasteiger partial charge on any atom is -0.392 e. The standard InChI is InChI=1S/C14H17FO/c15-11-5-3-4-10-6-7-12(16)14(13(10)11)8-1-2-9-14/h3-5,12,16H,1-2,6-9H2. The normalized spacial score (nSPS) is 27.0. The number of aliphatic hydroxyl groups is 1. The van der Waals surface area contributed by atoms with Gasteiger partial charge in [-0.1, -0.05) is 25.0 Å². The number of rotatable bonds is 0. The molecule has 2 aliphatic carbocycles. The van der Waals surface area contributed by atoms with E-state index in [1.54, 1.807) is 6.07 Å². The van der Waals surface area contributed by atoms with Crippen LogP contribution in [-0.4, -0.2) is 11.2 Å². The maximum absolute atomic E-state index is 14.0. The molecule has 1 aromatic rings. The Hall–Kier alpha value is -0.890. The van der Waals surface area contributed by atoms with Crippen LogP contribution in [0, 0.1) is 5.82 Å². The highest BCUT2D eigenvalue weighted by atomic mass is 19.1. The second-order valence-electron chi connectivity index (χ2n) is 5.19. The molecule has 2 aliphatic rings. The summed E-state index contributed by atoms with van der Waals surface area (Å²) in [5.41, 5.74) is 1.68. The highest BCUT2D eigenvalue weighted by Crippen LogP contribution is 2.49. The van der Waals surface area contributed by atoms with Crippen LogP contribution in [0.15, 0.2) is 18.2 Å². The average Bonchev–Trinajstić information content (AvgIpc) is 2.74. The van der Waals surface area contributed by atoms with Crippen LogP contribution in [0.25, 0.3) is 0 Å². The van der Waals surface area contributed by atoms with Gasteiger partial charge >= 0.3 is 0 Å². The smallest absolute Gasteiger partial charge is 0.127 e. The minimum absolute atomic E-state index is 0.113. The molecule has 1 N–H and O–H groups in total. The summed E-state index contributed by atoms with van der Waals surface area (Å²) in [6.07, 6.45) is 5.38. The zero-order chi connectivity index (χ0) is 11.2. The van der Waals surface area contributed by atoms with Gasteiger partial charge in [-0.3, -0.25) is 0 Å². The van der Waals surface area contributed by atoms with Crippen LogP contribution >= 0.6 is 0 Å². The molecule has 1 aromatic carbocycles. The third kappa shape index (κ3) is 1.26. The van der Waals surface area contributed by atoms with Crippen LogP contribution < -0.4 is 0 Å².